The van der Waals surface area contributed by atoms with Gasteiger partial charge < -0.3 is 10.4 Å². The summed E-state index contributed by atoms with van der Waals surface area (Å²) in [5.41, 5.74) is 0. The number of nitrogens with zero attached hydrogens (tertiary/aromatic N) is 1. The molecular weight excluding hydrogens is 240 g/mol. The van der Waals surface area contributed by atoms with Gasteiger partial charge in [0, 0.05) is 6.04 Å². The number of likely N-dealkylation sites (tertiary alicyclic amines) is 1. The van der Waals surface area contributed by atoms with Gasteiger partial charge in [0.15, 0.2) is 0 Å². The van der Waals surface area contributed by atoms with Crippen LogP contribution >= 0.6 is 0 Å². The zero-order chi connectivity index (χ0) is 13.8. The van der Waals surface area contributed by atoms with Crippen LogP contribution in [0.1, 0.15) is 52.4 Å². The zero-order valence-corrected chi connectivity index (χ0v) is 12.3. The summed E-state index contributed by atoms with van der Waals surface area (Å²) in [5, 5.41) is 12.8. The first-order chi connectivity index (χ1) is 9.08. The molecule has 0 radical (unpaired) electrons. The highest BCUT2D eigenvalue weighted by molar-refractivity contribution is 5.81. The molecule has 0 bridgehead atoms. The van der Waals surface area contributed by atoms with Gasteiger partial charge >= 0.3 is 0 Å². The minimum Gasteiger partial charge on any atom is -0.393 e. The van der Waals surface area contributed by atoms with Gasteiger partial charge in [-0.05, 0) is 58.5 Å². The van der Waals surface area contributed by atoms with E-state index in [4.69, 9.17) is 0 Å². The first-order valence-corrected chi connectivity index (χ1v) is 7.80. The highest BCUT2D eigenvalue weighted by Gasteiger charge is 2.29. The van der Waals surface area contributed by atoms with E-state index in [1.807, 2.05) is 13.8 Å². The number of hydrogen-bond acceptors (Lipinski definition) is 3. The van der Waals surface area contributed by atoms with E-state index in [1.54, 1.807) is 0 Å². The summed E-state index contributed by atoms with van der Waals surface area (Å²) in [5.74, 6) is 0.587. The van der Waals surface area contributed by atoms with E-state index in [2.05, 4.69) is 10.2 Å². The van der Waals surface area contributed by atoms with E-state index in [0.717, 1.165) is 38.8 Å². The van der Waals surface area contributed by atoms with E-state index in [1.165, 1.54) is 12.8 Å². The number of amides is 1. The largest absolute Gasteiger partial charge is 0.393 e. The van der Waals surface area contributed by atoms with E-state index in [-0.39, 0.29) is 18.1 Å². The summed E-state index contributed by atoms with van der Waals surface area (Å²) in [4.78, 5) is 14.5. The Morgan fingerprint density at radius 2 is 1.74 bits per heavy atom. The number of hydrogen-bond donors (Lipinski definition) is 2. The van der Waals surface area contributed by atoms with Crippen molar-refractivity contribution in [2.24, 2.45) is 5.92 Å². The van der Waals surface area contributed by atoms with Crippen molar-refractivity contribution in [2.45, 2.75) is 70.6 Å². The van der Waals surface area contributed by atoms with Gasteiger partial charge in [-0.15, -0.1) is 0 Å². The molecular formula is C15H28N2O2. The Balaban J connectivity index is 1.76. The maximum atomic E-state index is 12.2. The Morgan fingerprint density at radius 1 is 1.16 bits per heavy atom. The van der Waals surface area contributed by atoms with Gasteiger partial charge in [0.2, 0.25) is 5.91 Å². The lowest BCUT2D eigenvalue weighted by Crippen LogP contribution is -2.50. The molecule has 1 heterocycles. The van der Waals surface area contributed by atoms with E-state index in [9.17, 15) is 9.90 Å². The number of nitrogens with one attached hydrogen (secondary N) is 1. The van der Waals surface area contributed by atoms with Crippen LogP contribution in [0.25, 0.3) is 0 Å². The van der Waals surface area contributed by atoms with Crippen LogP contribution in [0.2, 0.25) is 0 Å². The molecule has 2 N–H and O–H groups in total. The molecule has 1 aliphatic carbocycles. The predicted octanol–water partition coefficient (Wildman–Crippen LogP) is 1.53. The third-order valence-corrected chi connectivity index (χ3v) is 4.89. The SMILES string of the molecule is CC(O)C1CCN(C(C)C(=O)NC2CCCC2)CC1. The van der Waals surface area contributed by atoms with Crippen molar-refractivity contribution in [3.05, 3.63) is 0 Å². The quantitative estimate of drug-likeness (QED) is 0.813. The summed E-state index contributed by atoms with van der Waals surface area (Å²) >= 11 is 0. The van der Waals surface area contributed by atoms with Crippen LogP contribution in [0.5, 0.6) is 0 Å². The Bertz CT molecular complexity index is 293. The Morgan fingerprint density at radius 3 is 2.26 bits per heavy atom. The molecule has 2 rings (SSSR count). The summed E-state index contributed by atoms with van der Waals surface area (Å²) in [6, 6.07) is 0.375. The third-order valence-electron chi connectivity index (χ3n) is 4.89. The molecule has 0 spiro atoms. The Labute approximate surface area is 116 Å². The average molecular weight is 268 g/mol. The van der Waals surface area contributed by atoms with Gasteiger partial charge in [0.25, 0.3) is 0 Å². The van der Waals surface area contributed by atoms with Crippen LogP contribution in [0, 0.1) is 5.92 Å². The summed E-state index contributed by atoms with van der Waals surface area (Å²) in [6.45, 7) is 5.73. The van der Waals surface area contributed by atoms with Crippen molar-refractivity contribution in [1.29, 1.82) is 0 Å². The van der Waals surface area contributed by atoms with E-state index in [0.29, 0.717) is 12.0 Å². The van der Waals surface area contributed by atoms with Crippen molar-refractivity contribution in [3.63, 3.8) is 0 Å². The van der Waals surface area contributed by atoms with Crippen LogP contribution in [0.4, 0.5) is 0 Å². The molecule has 4 heteroatoms. The summed E-state index contributed by atoms with van der Waals surface area (Å²) < 4.78 is 0. The fraction of sp³-hybridized carbons (Fsp3) is 0.933. The van der Waals surface area contributed by atoms with Crippen molar-refractivity contribution < 1.29 is 9.90 Å². The monoisotopic (exact) mass is 268 g/mol. The fourth-order valence-electron chi connectivity index (χ4n) is 3.35. The van der Waals surface area contributed by atoms with Gasteiger partial charge in [-0.25, -0.2) is 0 Å². The van der Waals surface area contributed by atoms with Crippen LogP contribution in [-0.4, -0.2) is 47.2 Å². The zero-order valence-electron chi connectivity index (χ0n) is 12.3. The number of rotatable bonds is 4. The van der Waals surface area contributed by atoms with Crippen LogP contribution in [0.15, 0.2) is 0 Å². The fourth-order valence-corrected chi connectivity index (χ4v) is 3.35. The minimum absolute atomic E-state index is 0.0319. The molecule has 0 aromatic heterocycles. The van der Waals surface area contributed by atoms with Crippen molar-refractivity contribution in [3.8, 4) is 0 Å². The highest BCUT2D eigenvalue weighted by Crippen LogP contribution is 2.22. The minimum atomic E-state index is -0.218. The molecule has 2 atom stereocenters. The first kappa shape index (κ1) is 14.8. The Kier molecular flexibility index (Phi) is 5.22. The van der Waals surface area contributed by atoms with E-state index < -0.39 is 0 Å². The third kappa shape index (κ3) is 3.93. The lowest BCUT2D eigenvalue weighted by molar-refractivity contribution is -0.127. The molecule has 1 aliphatic heterocycles. The second kappa shape index (κ2) is 6.71. The molecule has 2 aliphatic rings. The second-order valence-corrected chi connectivity index (χ2v) is 6.28. The molecule has 4 nitrogen and oxygen atoms in total. The maximum absolute atomic E-state index is 12.2. The smallest absolute Gasteiger partial charge is 0.237 e. The van der Waals surface area contributed by atoms with Gasteiger partial charge in [-0.2, -0.15) is 0 Å². The Hall–Kier alpha value is -0.610. The predicted molar refractivity (Wildman–Crippen MR) is 75.8 cm³/mol. The molecule has 1 amide bonds. The molecule has 19 heavy (non-hydrogen) atoms. The molecule has 1 saturated carbocycles. The number of aliphatic hydroxyl groups is 1. The van der Waals surface area contributed by atoms with Gasteiger partial charge in [-0.1, -0.05) is 12.8 Å². The maximum Gasteiger partial charge on any atom is 0.237 e. The first-order valence-electron chi connectivity index (χ1n) is 7.80. The molecule has 0 aromatic carbocycles. The van der Waals surface area contributed by atoms with Crippen molar-refractivity contribution in [2.75, 3.05) is 13.1 Å². The highest BCUT2D eigenvalue weighted by atomic mass is 16.3. The average Bonchev–Trinajstić information content (AvgIpc) is 2.90. The lowest BCUT2D eigenvalue weighted by atomic mass is 9.91. The number of carbonyl (C=O) groups excluding carboxylic acids is 1. The second-order valence-electron chi connectivity index (χ2n) is 6.28. The molecule has 2 fully saturated rings. The van der Waals surface area contributed by atoms with Gasteiger partial charge in [-0.3, -0.25) is 9.69 Å². The molecule has 2 unspecified atom stereocenters. The molecule has 110 valence electrons. The van der Waals surface area contributed by atoms with Crippen LogP contribution in [0.3, 0.4) is 0 Å². The van der Waals surface area contributed by atoms with Crippen LogP contribution < -0.4 is 5.32 Å². The number of aliphatic hydroxyl groups excluding tert-OH is 1. The van der Waals surface area contributed by atoms with Gasteiger partial charge in [0.1, 0.15) is 0 Å². The summed E-state index contributed by atoms with van der Waals surface area (Å²) in [7, 11) is 0. The summed E-state index contributed by atoms with van der Waals surface area (Å²) in [6.07, 6.45) is 6.56. The van der Waals surface area contributed by atoms with Gasteiger partial charge in [0.05, 0.1) is 12.1 Å². The molecule has 0 aromatic rings. The van der Waals surface area contributed by atoms with E-state index >= 15 is 0 Å². The standard InChI is InChI=1S/C15H28N2O2/c1-11(15(19)16-14-5-3-4-6-14)17-9-7-13(8-10-17)12(2)18/h11-14,18H,3-10H2,1-2H3,(H,16,19). The van der Waals surface area contributed by atoms with Crippen molar-refractivity contribution >= 4 is 5.91 Å². The number of carbonyl (C=O) groups is 1. The topological polar surface area (TPSA) is 52.6 Å². The number of piperidine rings is 1. The normalized spacial score (nSPS) is 26.3. The molecule has 1 saturated heterocycles. The van der Waals surface area contributed by atoms with Crippen molar-refractivity contribution in [1.82, 2.24) is 10.2 Å². The van der Waals surface area contributed by atoms with Crippen LogP contribution in [-0.2, 0) is 4.79 Å². The lowest BCUT2D eigenvalue weighted by Gasteiger charge is -2.36.